The first kappa shape index (κ1) is 18.9. The molecule has 0 spiro atoms. The van der Waals surface area contributed by atoms with E-state index in [4.69, 9.17) is 4.74 Å². The van der Waals surface area contributed by atoms with Gasteiger partial charge in [-0.3, -0.25) is 9.59 Å². The van der Waals surface area contributed by atoms with E-state index in [-0.39, 0.29) is 23.6 Å². The van der Waals surface area contributed by atoms with Crippen LogP contribution in [0.4, 0.5) is 10.1 Å². The number of carbonyl (C=O) groups excluding carboxylic acids is 2. The van der Waals surface area contributed by atoms with Gasteiger partial charge < -0.3 is 15.0 Å². The van der Waals surface area contributed by atoms with Crippen LogP contribution in [0.5, 0.6) is 5.75 Å². The molecule has 0 aliphatic carbocycles. The molecule has 0 radical (unpaired) electrons. The number of ether oxygens (including phenoxy) is 1. The van der Waals surface area contributed by atoms with E-state index in [1.165, 1.54) is 19.2 Å². The zero-order valence-electron chi connectivity index (χ0n) is 15.5. The number of rotatable bonds is 5. The molecule has 2 amide bonds. The van der Waals surface area contributed by atoms with Crippen LogP contribution < -0.4 is 15.0 Å². The summed E-state index contributed by atoms with van der Waals surface area (Å²) in [6, 6.07) is 11.2. The highest BCUT2D eigenvalue weighted by molar-refractivity contribution is 5.97. The van der Waals surface area contributed by atoms with Gasteiger partial charge in [-0.15, -0.1) is 0 Å². The summed E-state index contributed by atoms with van der Waals surface area (Å²) < 4.78 is 18.8. The van der Waals surface area contributed by atoms with Crippen molar-refractivity contribution in [3.63, 3.8) is 0 Å². The average Bonchev–Trinajstić information content (AvgIpc) is 2.68. The molecule has 142 valence electrons. The van der Waals surface area contributed by atoms with Crippen LogP contribution in [0.25, 0.3) is 0 Å². The van der Waals surface area contributed by atoms with Crippen molar-refractivity contribution in [2.75, 3.05) is 18.6 Å². The van der Waals surface area contributed by atoms with Gasteiger partial charge in [-0.1, -0.05) is 6.07 Å². The first-order valence-electron chi connectivity index (χ1n) is 9.04. The maximum Gasteiger partial charge on any atom is 0.251 e. The Labute approximate surface area is 158 Å². The Morgan fingerprint density at radius 1 is 1.19 bits per heavy atom. The van der Waals surface area contributed by atoms with Crippen LogP contribution in [-0.4, -0.2) is 25.5 Å². The molecular formula is C21H23FN2O3. The predicted molar refractivity (Wildman–Crippen MR) is 101 cm³/mol. The number of carbonyl (C=O) groups is 2. The van der Waals surface area contributed by atoms with Gasteiger partial charge in [-0.05, 0) is 61.7 Å². The first-order valence-corrected chi connectivity index (χ1v) is 9.04. The Hall–Kier alpha value is -2.89. The highest BCUT2D eigenvalue weighted by Crippen LogP contribution is 2.23. The first-order chi connectivity index (χ1) is 13.0. The number of amides is 2. The van der Waals surface area contributed by atoms with E-state index >= 15 is 0 Å². The number of nitrogens with zero attached hydrogens (tertiary/aromatic N) is 1. The van der Waals surface area contributed by atoms with Gasteiger partial charge >= 0.3 is 0 Å². The third kappa shape index (κ3) is 4.27. The topological polar surface area (TPSA) is 58.6 Å². The molecule has 2 aromatic carbocycles. The summed E-state index contributed by atoms with van der Waals surface area (Å²) in [6.45, 7) is 2.50. The minimum atomic E-state index is -0.466. The smallest absolute Gasteiger partial charge is 0.251 e. The summed E-state index contributed by atoms with van der Waals surface area (Å²) in [5.74, 6) is -0.435. The van der Waals surface area contributed by atoms with Crippen LogP contribution in [0.15, 0.2) is 42.5 Å². The number of anilines is 1. The van der Waals surface area contributed by atoms with Gasteiger partial charge in [-0.2, -0.15) is 0 Å². The SMILES string of the molecule is COc1ccc([C@H](C)NC(=O)c2ccc(N3CCCCC3=O)cc2)cc1F. The summed E-state index contributed by atoms with van der Waals surface area (Å²) in [5, 5.41) is 2.86. The molecular weight excluding hydrogens is 347 g/mol. The van der Waals surface area contributed by atoms with Crippen molar-refractivity contribution < 1.29 is 18.7 Å². The van der Waals surface area contributed by atoms with Crippen LogP contribution in [0.1, 0.15) is 48.1 Å². The van der Waals surface area contributed by atoms with E-state index in [1.54, 1.807) is 42.2 Å². The summed E-state index contributed by atoms with van der Waals surface area (Å²) in [6.07, 6.45) is 2.49. The van der Waals surface area contributed by atoms with Gasteiger partial charge in [0.2, 0.25) is 5.91 Å². The second-order valence-electron chi connectivity index (χ2n) is 6.64. The van der Waals surface area contributed by atoms with Crippen LogP contribution in [-0.2, 0) is 4.79 Å². The van der Waals surface area contributed by atoms with Crippen molar-refractivity contribution in [2.24, 2.45) is 0 Å². The minimum Gasteiger partial charge on any atom is -0.494 e. The fourth-order valence-electron chi connectivity index (χ4n) is 3.19. The lowest BCUT2D eigenvalue weighted by molar-refractivity contribution is -0.119. The van der Waals surface area contributed by atoms with E-state index in [0.29, 0.717) is 24.1 Å². The van der Waals surface area contributed by atoms with Gasteiger partial charge in [0.1, 0.15) is 0 Å². The molecule has 1 aliphatic rings. The second kappa shape index (κ2) is 8.20. The third-order valence-corrected chi connectivity index (χ3v) is 4.79. The Kier molecular flexibility index (Phi) is 5.74. The van der Waals surface area contributed by atoms with Crippen LogP contribution in [0.2, 0.25) is 0 Å². The van der Waals surface area contributed by atoms with E-state index in [9.17, 15) is 14.0 Å². The van der Waals surface area contributed by atoms with E-state index < -0.39 is 5.82 Å². The Morgan fingerprint density at radius 3 is 2.56 bits per heavy atom. The number of nitrogens with one attached hydrogen (secondary N) is 1. The minimum absolute atomic E-state index is 0.119. The second-order valence-corrected chi connectivity index (χ2v) is 6.64. The number of piperidine rings is 1. The fraction of sp³-hybridized carbons (Fsp3) is 0.333. The number of hydrogen-bond donors (Lipinski definition) is 1. The van der Waals surface area contributed by atoms with E-state index in [0.717, 1.165) is 18.5 Å². The third-order valence-electron chi connectivity index (χ3n) is 4.79. The van der Waals surface area contributed by atoms with Crippen molar-refractivity contribution >= 4 is 17.5 Å². The largest absolute Gasteiger partial charge is 0.494 e. The molecule has 1 N–H and O–H groups in total. The van der Waals surface area contributed by atoms with Gasteiger partial charge in [0.25, 0.3) is 5.91 Å². The van der Waals surface area contributed by atoms with Crippen molar-refractivity contribution in [3.05, 3.63) is 59.4 Å². The van der Waals surface area contributed by atoms with Gasteiger partial charge in [0.05, 0.1) is 13.2 Å². The number of hydrogen-bond acceptors (Lipinski definition) is 3. The van der Waals surface area contributed by atoms with Crippen molar-refractivity contribution in [2.45, 2.75) is 32.2 Å². The molecule has 1 heterocycles. The molecule has 1 atom stereocenters. The number of methoxy groups -OCH3 is 1. The molecule has 2 aromatic rings. The molecule has 1 aliphatic heterocycles. The monoisotopic (exact) mass is 370 g/mol. The molecule has 5 nitrogen and oxygen atoms in total. The molecule has 27 heavy (non-hydrogen) atoms. The maximum absolute atomic E-state index is 13.9. The molecule has 0 saturated carbocycles. The number of halogens is 1. The van der Waals surface area contributed by atoms with Crippen molar-refractivity contribution in [1.82, 2.24) is 5.32 Å². The number of benzene rings is 2. The highest BCUT2D eigenvalue weighted by atomic mass is 19.1. The molecule has 1 saturated heterocycles. The maximum atomic E-state index is 13.9. The molecule has 0 unspecified atom stereocenters. The zero-order chi connectivity index (χ0) is 19.4. The van der Waals surface area contributed by atoms with Crippen molar-refractivity contribution in [3.8, 4) is 5.75 Å². The molecule has 0 bridgehead atoms. The molecule has 1 fully saturated rings. The summed E-state index contributed by atoms with van der Waals surface area (Å²) >= 11 is 0. The Balaban J connectivity index is 1.67. The van der Waals surface area contributed by atoms with E-state index in [1.807, 2.05) is 0 Å². The van der Waals surface area contributed by atoms with E-state index in [2.05, 4.69) is 5.32 Å². The Bertz CT molecular complexity index is 836. The standard InChI is InChI=1S/C21H23FN2O3/c1-14(16-8-11-19(27-2)18(22)13-16)23-21(26)15-6-9-17(10-7-15)24-12-4-3-5-20(24)25/h6-11,13-14H,3-5,12H2,1-2H3,(H,23,26)/t14-/m0/s1. The van der Waals surface area contributed by atoms with Gasteiger partial charge in [0, 0.05) is 24.2 Å². The van der Waals surface area contributed by atoms with Gasteiger partial charge in [0.15, 0.2) is 11.6 Å². The highest BCUT2D eigenvalue weighted by Gasteiger charge is 2.20. The lowest BCUT2D eigenvalue weighted by Gasteiger charge is -2.26. The quantitative estimate of drug-likeness (QED) is 0.870. The molecule has 3 rings (SSSR count). The summed E-state index contributed by atoms with van der Waals surface area (Å²) in [4.78, 5) is 26.2. The Morgan fingerprint density at radius 2 is 1.93 bits per heavy atom. The molecule has 0 aromatic heterocycles. The van der Waals surface area contributed by atoms with Gasteiger partial charge in [-0.25, -0.2) is 4.39 Å². The summed E-state index contributed by atoms with van der Waals surface area (Å²) in [7, 11) is 1.41. The average molecular weight is 370 g/mol. The normalized spacial score (nSPS) is 15.4. The lowest BCUT2D eigenvalue weighted by atomic mass is 10.1. The van der Waals surface area contributed by atoms with Crippen LogP contribution >= 0.6 is 0 Å². The van der Waals surface area contributed by atoms with Crippen LogP contribution in [0.3, 0.4) is 0 Å². The van der Waals surface area contributed by atoms with Crippen molar-refractivity contribution in [1.29, 1.82) is 0 Å². The fourth-order valence-corrected chi connectivity index (χ4v) is 3.19. The summed E-state index contributed by atoms with van der Waals surface area (Å²) in [5.41, 5.74) is 1.95. The zero-order valence-corrected chi connectivity index (χ0v) is 15.5. The van der Waals surface area contributed by atoms with Crippen LogP contribution in [0, 0.1) is 5.82 Å². The lowest BCUT2D eigenvalue weighted by Crippen LogP contribution is -2.35. The molecule has 6 heteroatoms. The predicted octanol–water partition coefficient (Wildman–Crippen LogP) is 3.84.